The Balaban J connectivity index is 1.46. The summed E-state index contributed by atoms with van der Waals surface area (Å²) in [4.78, 5) is 21.0. The van der Waals surface area contributed by atoms with Gasteiger partial charge in [-0.2, -0.15) is 0 Å². The number of nitrogens with one attached hydrogen (secondary N) is 1. The van der Waals surface area contributed by atoms with E-state index >= 15 is 0 Å². The molecule has 6 heteroatoms. The summed E-state index contributed by atoms with van der Waals surface area (Å²) >= 11 is 0. The molecular formula is C20H26N4O2. The third kappa shape index (κ3) is 5.20. The lowest BCUT2D eigenvalue weighted by molar-refractivity contribution is 0.142. The summed E-state index contributed by atoms with van der Waals surface area (Å²) in [6, 6.07) is 13.4. The number of hydrogen-bond acceptors (Lipinski definition) is 4. The van der Waals surface area contributed by atoms with Crippen molar-refractivity contribution in [3.8, 4) is 5.75 Å². The number of ether oxygens (including phenoxy) is 1. The molecule has 26 heavy (non-hydrogen) atoms. The van der Waals surface area contributed by atoms with Crippen LogP contribution in [-0.2, 0) is 6.54 Å². The highest BCUT2D eigenvalue weighted by Gasteiger charge is 2.21. The highest BCUT2D eigenvalue weighted by Crippen LogP contribution is 2.17. The van der Waals surface area contributed by atoms with E-state index in [0.29, 0.717) is 13.1 Å². The zero-order valence-electron chi connectivity index (χ0n) is 15.4. The zero-order valence-corrected chi connectivity index (χ0v) is 15.4. The number of hydrogen-bond donors (Lipinski definition) is 1. The SMILES string of the molecule is CC(C)Oc1ccc(NC(=O)N2CCN(Cc3ccccn3)CC2)cc1. The smallest absolute Gasteiger partial charge is 0.321 e. The van der Waals surface area contributed by atoms with Gasteiger partial charge in [0.15, 0.2) is 0 Å². The fourth-order valence-electron chi connectivity index (χ4n) is 2.92. The fraction of sp³-hybridized carbons (Fsp3) is 0.400. The highest BCUT2D eigenvalue weighted by atomic mass is 16.5. The van der Waals surface area contributed by atoms with Crippen LogP contribution in [0, 0.1) is 0 Å². The second-order valence-electron chi connectivity index (χ2n) is 6.71. The summed E-state index contributed by atoms with van der Waals surface area (Å²) in [6.45, 7) is 7.94. The molecule has 1 fully saturated rings. The van der Waals surface area contributed by atoms with Gasteiger partial charge in [0, 0.05) is 44.6 Å². The Hall–Kier alpha value is -2.60. The van der Waals surface area contributed by atoms with Crippen LogP contribution >= 0.6 is 0 Å². The molecule has 3 rings (SSSR count). The number of nitrogens with zero attached hydrogens (tertiary/aromatic N) is 3. The molecule has 0 aliphatic carbocycles. The Morgan fingerprint density at radius 1 is 1.12 bits per heavy atom. The van der Waals surface area contributed by atoms with Crippen LogP contribution in [-0.4, -0.2) is 53.1 Å². The number of amides is 2. The van der Waals surface area contributed by atoms with Gasteiger partial charge >= 0.3 is 6.03 Å². The summed E-state index contributed by atoms with van der Waals surface area (Å²) in [6.07, 6.45) is 1.95. The fourth-order valence-corrected chi connectivity index (χ4v) is 2.92. The lowest BCUT2D eigenvalue weighted by Crippen LogP contribution is -2.49. The van der Waals surface area contributed by atoms with Crippen LogP contribution in [0.25, 0.3) is 0 Å². The second-order valence-corrected chi connectivity index (χ2v) is 6.71. The van der Waals surface area contributed by atoms with E-state index in [2.05, 4.69) is 15.2 Å². The van der Waals surface area contributed by atoms with E-state index in [9.17, 15) is 4.79 Å². The topological polar surface area (TPSA) is 57.7 Å². The second kappa shape index (κ2) is 8.67. The summed E-state index contributed by atoms with van der Waals surface area (Å²) in [7, 11) is 0. The molecule has 1 N–H and O–H groups in total. The average molecular weight is 354 g/mol. The third-order valence-corrected chi connectivity index (χ3v) is 4.25. The van der Waals surface area contributed by atoms with Crippen LogP contribution in [0.5, 0.6) is 5.75 Å². The summed E-state index contributed by atoms with van der Waals surface area (Å²) in [5, 5.41) is 2.96. The minimum absolute atomic E-state index is 0.0555. The van der Waals surface area contributed by atoms with E-state index in [1.54, 1.807) is 0 Å². The van der Waals surface area contributed by atoms with E-state index in [1.807, 2.05) is 67.4 Å². The number of urea groups is 1. The van der Waals surface area contributed by atoms with Crippen LogP contribution in [0.1, 0.15) is 19.5 Å². The summed E-state index contributed by atoms with van der Waals surface area (Å²) in [5.41, 5.74) is 1.84. The van der Waals surface area contributed by atoms with Gasteiger partial charge in [-0.3, -0.25) is 9.88 Å². The molecule has 0 atom stereocenters. The van der Waals surface area contributed by atoms with Crippen molar-refractivity contribution in [3.05, 3.63) is 54.4 Å². The van der Waals surface area contributed by atoms with Crippen molar-refractivity contribution >= 4 is 11.7 Å². The van der Waals surface area contributed by atoms with Gasteiger partial charge in [-0.25, -0.2) is 4.79 Å². The maximum atomic E-state index is 12.4. The quantitative estimate of drug-likeness (QED) is 0.896. The molecule has 1 aliphatic heterocycles. The van der Waals surface area contributed by atoms with E-state index in [1.165, 1.54) is 0 Å². The van der Waals surface area contributed by atoms with Gasteiger partial charge < -0.3 is 15.0 Å². The minimum atomic E-state index is -0.0555. The highest BCUT2D eigenvalue weighted by molar-refractivity contribution is 5.89. The van der Waals surface area contributed by atoms with E-state index in [4.69, 9.17) is 4.74 Å². The maximum Gasteiger partial charge on any atom is 0.321 e. The predicted molar refractivity (Wildman–Crippen MR) is 102 cm³/mol. The number of carbonyl (C=O) groups excluding carboxylic acids is 1. The lowest BCUT2D eigenvalue weighted by atomic mass is 10.2. The van der Waals surface area contributed by atoms with Crippen molar-refractivity contribution in [2.75, 3.05) is 31.5 Å². The van der Waals surface area contributed by atoms with Crippen molar-refractivity contribution < 1.29 is 9.53 Å². The number of aromatic nitrogens is 1. The molecule has 1 saturated heterocycles. The van der Waals surface area contributed by atoms with Crippen molar-refractivity contribution in [1.29, 1.82) is 0 Å². The predicted octanol–water partition coefficient (Wildman–Crippen LogP) is 3.22. The van der Waals surface area contributed by atoms with Gasteiger partial charge in [-0.05, 0) is 50.2 Å². The molecule has 0 bridgehead atoms. The first-order valence-corrected chi connectivity index (χ1v) is 9.05. The molecular weight excluding hydrogens is 328 g/mol. The van der Waals surface area contributed by atoms with Gasteiger partial charge in [0.1, 0.15) is 5.75 Å². The number of pyridine rings is 1. The maximum absolute atomic E-state index is 12.4. The Bertz CT molecular complexity index is 696. The minimum Gasteiger partial charge on any atom is -0.491 e. The van der Waals surface area contributed by atoms with Crippen LogP contribution in [0.15, 0.2) is 48.7 Å². The molecule has 0 saturated carbocycles. The van der Waals surface area contributed by atoms with E-state index in [0.717, 1.165) is 36.8 Å². The van der Waals surface area contributed by atoms with Gasteiger partial charge in [-0.1, -0.05) is 6.07 Å². The Kier molecular flexibility index (Phi) is 6.07. The lowest BCUT2D eigenvalue weighted by Gasteiger charge is -2.34. The van der Waals surface area contributed by atoms with Gasteiger partial charge in [0.2, 0.25) is 0 Å². The molecule has 6 nitrogen and oxygen atoms in total. The van der Waals surface area contributed by atoms with E-state index < -0.39 is 0 Å². The summed E-state index contributed by atoms with van der Waals surface area (Å²) < 4.78 is 5.62. The number of rotatable bonds is 5. The van der Waals surface area contributed by atoms with Gasteiger partial charge in [-0.15, -0.1) is 0 Å². The van der Waals surface area contributed by atoms with Gasteiger partial charge in [0.25, 0.3) is 0 Å². The molecule has 2 amide bonds. The largest absolute Gasteiger partial charge is 0.491 e. The molecule has 0 radical (unpaired) electrons. The monoisotopic (exact) mass is 354 g/mol. The van der Waals surface area contributed by atoms with Gasteiger partial charge in [0.05, 0.1) is 11.8 Å². The molecule has 1 aliphatic rings. The number of piperazine rings is 1. The van der Waals surface area contributed by atoms with Crippen LogP contribution in [0.4, 0.5) is 10.5 Å². The molecule has 138 valence electrons. The van der Waals surface area contributed by atoms with Crippen molar-refractivity contribution in [1.82, 2.24) is 14.8 Å². The molecule has 1 aromatic heterocycles. The number of benzene rings is 1. The summed E-state index contributed by atoms with van der Waals surface area (Å²) in [5.74, 6) is 0.807. The van der Waals surface area contributed by atoms with Crippen molar-refractivity contribution in [2.45, 2.75) is 26.5 Å². The van der Waals surface area contributed by atoms with E-state index in [-0.39, 0.29) is 12.1 Å². The molecule has 0 unspecified atom stereocenters. The Morgan fingerprint density at radius 3 is 2.46 bits per heavy atom. The zero-order chi connectivity index (χ0) is 18.4. The third-order valence-electron chi connectivity index (χ3n) is 4.25. The molecule has 0 spiro atoms. The van der Waals surface area contributed by atoms with Crippen LogP contribution < -0.4 is 10.1 Å². The van der Waals surface area contributed by atoms with Crippen molar-refractivity contribution in [3.63, 3.8) is 0 Å². The van der Waals surface area contributed by atoms with Crippen LogP contribution in [0.3, 0.4) is 0 Å². The Labute approximate surface area is 154 Å². The van der Waals surface area contributed by atoms with Crippen LogP contribution in [0.2, 0.25) is 0 Å². The standard InChI is InChI=1S/C20H26N4O2/c1-16(2)26-19-8-6-17(7-9-19)22-20(25)24-13-11-23(12-14-24)15-18-5-3-4-10-21-18/h3-10,16H,11-15H2,1-2H3,(H,22,25). The van der Waals surface area contributed by atoms with Crippen molar-refractivity contribution in [2.24, 2.45) is 0 Å². The first-order valence-electron chi connectivity index (χ1n) is 9.05. The first-order chi connectivity index (χ1) is 12.6. The molecule has 1 aromatic carbocycles. The first kappa shape index (κ1) is 18.2. The molecule has 2 aromatic rings. The Morgan fingerprint density at radius 2 is 1.85 bits per heavy atom. The average Bonchev–Trinajstić information content (AvgIpc) is 2.64. The normalized spacial score (nSPS) is 15.1. The molecule has 2 heterocycles. The number of carbonyl (C=O) groups is 1. The number of anilines is 1.